The van der Waals surface area contributed by atoms with Crippen LogP contribution in [0.15, 0.2) is 15.6 Å². The summed E-state index contributed by atoms with van der Waals surface area (Å²) >= 11 is 1.58. The Labute approximate surface area is 140 Å². The van der Waals surface area contributed by atoms with Crippen molar-refractivity contribution in [1.82, 2.24) is 9.55 Å². The van der Waals surface area contributed by atoms with Crippen LogP contribution < -0.4 is 0 Å². The zero-order valence-electron chi connectivity index (χ0n) is 14.1. The summed E-state index contributed by atoms with van der Waals surface area (Å²) in [7, 11) is 3.05. The number of carbonyl (C=O) groups is 1. The zero-order chi connectivity index (χ0) is 17.0. The number of nitrogens with zero attached hydrogens (tertiary/aromatic N) is 2. The van der Waals surface area contributed by atoms with Crippen LogP contribution in [0.5, 0.6) is 0 Å². The lowest BCUT2D eigenvalue weighted by Gasteiger charge is -2.08. The van der Waals surface area contributed by atoms with E-state index in [4.69, 9.17) is 13.9 Å². The first-order valence-electron chi connectivity index (χ1n) is 7.31. The van der Waals surface area contributed by atoms with Gasteiger partial charge in [0.05, 0.1) is 25.2 Å². The molecule has 0 radical (unpaired) electrons. The first-order valence-corrected chi connectivity index (χ1v) is 8.29. The molecule has 0 unspecified atom stereocenters. The first kappa shape index (κ1) is 17.6. The van der Waals surface area contributed by atoms with Gasteiger partial charge >= 0.3 is 5.97 Å². The zero-order valence-corrected chi connectivity index (χ0v) is 15.0. The molecular formula is C16H22N2O4S. The number of aromatic nitrogens is 2. The molecule has 2 aromatic rings. The van der Waals surface area contributed by atoms with Crippen molar-refractivity contribution in [3.8, 4) is 0 Å². The number of furan rings is 1. The summed E-state index contributed by atoms with van der Waals surface area (Å²) in [6, 6.07) is 1.73. The highest BCUT2D eigenvalue weighted by Gasteiger charge is 2.17. The SMILES string of the molecule is COCCn1c(SCc2cc(C(=O)OC)c(C)o2)nc(C)c1C. The number of ether oxygens (including phenoxy) is 2. The Kier molecular flexibility index (Phi) is 5.90. The summed E-state index contributed by atoms with van der Waals surface area (Å²) in [6.45, 7) is 7.20. The van der Waals surface area contributed by atoms with E-state index in [2.05, 4.69) is 16.5 Å². The van der Waals surface area contributed by atoms with Crippen LogP contribution in [0.1, 0.15) is 33.3 Å². The maximum atomic E-state index is 11.6. The number of carbonyl (C=O) groups excluding carboxylic acids is 1. The van der Waals surface area contributed by atoms with E-state index >= 15 is 0 Å². The molecule has 7 heteroatoms. The van der Waals surface area contributed by atoms with Gasteiger partial charge in [-0.2, -0.15) is 0 Å². The number of thioether (sulfide) groups is 1. The van der Waals surface area contributed by atoms with Crippen LogP contribution >= 0.6 is 11.8 Å². The Morgan fingerprint density at radius 2 is 2.09 bits per heavy atom. The fraction of sp³-hybridized carbons (Fsp3) is 0.500. The number of imidazole rings is 1. The van der Waals surface area contributed by atoms with Gasteiger partial charge in [0.25, 0.3) is 0 Å². The molecule has 0 spiro atoms. The van der Waals surface area contributed by atoms with Crippen LogP contribution in [0.3, 0.4) is 0 Å². The second-order valence-electron chi connectivity index (χ2n) is 5.17. The summed E-state index contributed by atoms with van der Waals surface area (Å²) < 4.78 is 17.7. The average molecular weight is 338 g/mol. The number of esters is 1. The monoisotopic (exact) mass is 338 g/mol. The summed E-state index contributed by atoms with van der Waals surface area (Å²) in [4.78, 5) is 16.2. The fourth-order valence-corrected chi connectivity index (χ4v) is 3.24. The molecule has 0 aliphatic heterocycles. The van der Waals surface area contributed by atoms with E-state index in [0.29, 0.717) is 23.7 Å². The van der Waals surface area contributed by atoms with Gasteiger partial charge in [-0.3, -0.25) is 0 Å². The molecule has 0 fully saturated rings. The number of methoxy groups -OCH3 is 2. The van der Waals surface area contributed by atoms with Crippen molar-refractivity contribution >= 4 is 17.7 Å². The third-order valence-corrected chi connectivity index (χ3v) is 4.66. The molecule has 0 saturated heterocycles. The summed E-state index contributed by atoms with van der Waals surface area (Å²) in [5.41, 5.74) is 2.61. The van der Waals surface area contributed by atoms with Gasteiger partial charge in [0.15, 0.2) is 5.16 Å². The Bertz CT molecular complexity index is 691. The summed E-state index contributed by atoms with van der Waals surface area (Å²) in [6.07, 6.45) is 0. The van der Waals surface area contributed by atoms with Gasteiger partial charge in [-0.1, -0.05) is 11.8 Å². The van der Waals surface area contributed by atoms with Gasteiger partial charge in [-0.05, 0) is 26.8 Å². The predicted molar refractivity (Wildman–Crippen MR) is 87.9 cm³/mol. The van der Waals surface area contributed by atoms with E-state index < -0.39 is 0 Å². The standard InChI is InChI=1S/C16H22N2O4S/c1-10-11(2)18(6-7-20-4)16(17-10)23-9-13-8-14(12(3)22-13)15(19)21-5/h8H,6-7,9H2,1-5H3. The minimum atomic E-state index is -0.379. The van der Waals surface area contributed by atoms with Crippen molar-refractivity contribution < 1.29 is 18.7 Å². The van der Waals surface area contributed by atoms with Crippen LogP contribution in [0, 0.1) is 20.8 Å². The molecule has 0 atom stereocenters. The molecule has 2 rings (SSSR count). The van der Waals surface area contributed by atoms with Crippen molar-refractivity contribution in [2.45, 2.75) is 38.2 Å². The van der Waals surface area contributed by atoms with Gasteiger partial charge in [0.2, 0.25) is 0 Å². The Hall–Kier alpha value is -1.73. The van der Waals surface area contributed by atoms with Crippen LogP contribution in [-0.4, -0.2) is 36.3 Å². The second-order valence-corrected chi connectivity index (χ2v) is 6.11. The molecule has 0 N–H and O–H groups in total. The average Bonchev–Trinajstić information content (AvgIpc) is 3.03. The maximum Gasteiger partial charge on any atom is 0.341 e. The third-order valence-electron chi connectivity index (χ3n) is 3.66. The van der Waals surface area contributed by atoms with Crippen LogP contribution in [0.4, 0.5) is 0 Å². The predicted octanol–water partition coefficient (Wildman–Crippen LogP) is 3.13. The third kappa shape index (κ3) is 3.97. The lowest BCUT2D eigenvalue weighted by Crippen LogP contribution is -2.07. The molecule has 0 amide bonds. The first-order chi connectivity index (χ1) is 11.0. The van der Waals surface area contributed by atoms with Crippen molar-refractivity contribution in [2.75, 3.05) is 20.8 Å². The summed E-state index contributed by atoms with van der Waals surface area (Å²) in [5.74, 6) is 1.52. The number of aryl methyl sites for hydroxylation is 2. The lowest BCUT2D eigenvalue weighted by molar-refractivity contribution is 0.0599. The Morgan fingerprint density at radius 3 is 2.74 bits per heavy atom. The Morgan fingerprint density at radius 1 is 1.35 bits per heavy atom. The van der Waals surface area contributed by atoms with Crippen molar-refractivity contribution in [2.24, 2.45) is 0 Å². The smallest absolute Gasteiger partial charge is 0.341 e. The number of rotatable bonds is 7. The molecule has 0 aromatic carbocycles. The van der Waals surface area contributed by atoms with Gasteiger partial charge in [0, 0.05) is 19.3 Å². The molecule has 0 saturated carbocycles. The number of hydrogen-bond donors (Lipinski definition) is 0. The van der Waals surface area contributed by atoms with E-state index in [0.717, 1.165) is 28.8 Å². The molecule has 2 aromatic heterocycles. The molecule has 0 aliphatic rings. The number of hydrogen-bond acceptors (Lipinski definition) is 6. The highest BCUT2D eigenvalue weighted by molar-refractivity contribution is 7.98. The van der Waals surface area contributed by atoms with Crippen molar-refractivity contribution in [1.29, 1.82) is 0 Å². The van der Waals surface area contributed by atoms with E-state index in [9.17, 15) is 4.79 Å². The van der Waals surface area contributed by atoms with Crippen LogP contribution in [0.25, 0.3) is 0 Å². The fourth-order valence-electron chi connectivity index (χ4n) is 2.24. The van der Waals surface area contributed by atoms with Crippen LogP contribution in [-0.2, 0) is 21.8 Å². The Balaban J connectivity index is 2.12. The quantitative estimate of drug-likeness (QED) is 0.571. The van der Waals surface area contributed by atoms with Gasteiger partial charge in [0.1, 0.15) is 17.1 Å². The van der Waals surface area contributed by atoms with E-state index in [1.807, 2.05) is 6.92 Å². The van der Waals surface area contributed by atoms with Crippen molar-refractivity contribution in [3.63, 3.8) is 0 Å². The molecule has 0 bridgehead atoms. The normalized spacial score (nSPS) is 11.0. The van der Waals surface area contributed by atoms with E-state index in [1.165, 1.54) is 7.11 Å². The van der Waals surface area contributed by atoms with E-state index in [-0.39, 0.29) is 5.97 Å². The van der Waals surface area contributed by atoms with Gasteiger partial charge in [-0.25, -0.2) is 9.78 Å². The molecule has 6 nitrogen and oxygen atoms in total. The molecular weight excluding hydrogens is 316 g/mol. The molecule has 2 heterocycles. The summed E-state index contributed by atoms with van der Waals surface area (Å²) in [5, 5.41) is 0.922. The maximum absolute atomic E-state index is 11.6. The van der Waals surface area contributed by atoms with Crippen molar-refractivity contribution in [3.05, 3.63) is 34.5 Å². The second kappa shape index (κ2) is 7.70. The minimum absolute atomic E-state index is 0.379. The molecule has 126 valence electrons. The van der Waals surface area contributed by atoms with Gasteiger partial charge < -0.3 is 18.5 Å². The topological polar surface area (TPSA) is 66.5 Å². The largest absolute Gasteiger partial charge is 0.465 e. The van der Waals surface area contributed by atoms with Gasteiger partial charge in [-0.15, -0.1) is 0 Å². The lowest BCUT2D eigenvalue weighted by atomic mass is 10.2. The molecule has 23 heavy (non-hydrogen) atoms. The molecule has 0 aliphatic carbocycles. The minimum Gasteiger partial charge on any atom is -0.465 e. The highest BCUT2D eigenvalue weighted by Crippen LogP contribution is 2.27. The van der Waals surface area contributed by atoms with Crippen LogP contribution in [0.2, 0.25) is 0 Å². The highest BCUT2D eigenvalue weighted by atomic mass is 32.2. The van der Waals surface area contributed by atoms with E-state index in [1.54, 1.807) is 31.9 Å².